The Kier molecular flexibility index (Phi) is 6.62. The van der Waals surface area contributed by atoms with E-state index in [1.54, 1.807) is 31.2 Å². The molecule has 0 fully saturated rings. The van der Waals surface area contributed by atoms with Crippen molar-refractivity contribution in [3.63, 3.8) is 0 Å². The van der Waals surface area contributed by atoms with Crippen LogP contribution < -0.4 is 0 Å². The second-order valence-electron chi connectivity index (χ2n) is 6.01. The molecule has 0 amide bonds. The summed E-state index contributed by atoms with van der Waals surface area (Å²) in [6.45, 7) is 1.55. The molecule has 0 radical (unpaired) electrons. The molecular weight excluding hydrogens is 453 g/mol. The van der Waals surface area contributed by atoms with Gasteiger partial charge in [0.2, 0.25) is 0 Å². The van der Waals surface area contributed by atoms with E-state index in [0.29, 0.717) is 22.9 Å². The number of hydrogen-bond acceptors (Lipinski definition) is 5. The number of ether oxygens (including phenoxy) is 1. The van der Waals surface area contributed by atoms with E-state index in [-0.39, 0.29) is 19.4 Å². The van der Waals surface area contributed by atoms with Gasteiger partial charge in [0.05, 0.1) is 6.61 Å². The van der Waals surface area contributed by atoms with Gasteiger partial charge in [-0.25, -0.2) is 0 Å². The lowest BCUT2D eigenvalue weighted by atomic mass is 9.73. The average Bonchev–Trinajstić information content (AvgIpc) is 2.57. The van der Waals surface area contributed by atoms with Gasteiger partial charge in [-0.1, -0.05) is 34.1 Å². The molecule has 0 aromatic heterocycles. The third-order valence-electron chi connectivity index (χ3n) is 4.21. The molecule has 1 unspecified atom stereocenters. The molecule has 0 saturated carbocycles. The third kappa shape index (κ3) is 4.66. The van der Waals surface area contributed by atoms with E-state index in [0.717, 1.165) is 0 Å². The molecule has 0 aliphatic heterocycles. The van der Waals surface area contributed by atoms with E-state index < -0.39 is 32.8 Å². The van der Waals surface area contributed by atoms with E-state index >= 15 is 0 Å². The molecule has 27 heavy (non-hydrogen) atoms. The van der Waals surface area contributed by atoms with E-state index in [2.05, 4.69) is 20.1 Å². The number of alkyl halides is 3. The number of hydrogen-bond donors (Lipinski definition) is 0. The Labute approximate surface area is 163 Å². The van der Waals surface area contributed by atoms with Gasteiger partial charge in [0.15, 0.2) is 0 Å². The van der Waals surface area contributed by atoms with Crippen molar-refractivity contribution in [3.05, 3.63) is 46.1 Å². The molecule has 0 N–H and O–H groups in total. The van der Waals surface area contributed by atoms with Crippen molar-refractivity contribution in [2.45, 2.75) is 38.1 Å². The van der Waals surface area contributed by atoms with E-state index in [4.69, 9.17) is 4.74 Å². The van der Waals surface area contributed by atoms with Crippen molar-refractivity contribution in [2.75, 3.05) is 6.61 Å². The van der Waals surface area contributed by atoms with Gasteiger partial charge in [-0.15, -0.1) is 0 Å². The lowest BCUT2D eigenvalue weighted by Crippen LogP contribution is -2.41. The minimum Gasteiger partial charge on any atom is -0.465 e. The Balaban J connectivity index is 2.52. The molecule has 10 heteroatoms. The number of esters is 1. The molecule has 0 spiro atoms. The maximum atomic E-state index is 12.8. The second kappa shape index (κ2) is 8.22. The lowest BCUT2D eigenvalue weighted by molar-refractivity contribution is -0.155. The van der Waals surface area contributed by atoms with Crippen LogP contribution in [0, 0.1) is 5.41 Å². The maximum Gasteiger partial charge on any atom is 0.534 e. The molecule has 1 aromatic rings. The first-order valence-electron chi connectivity index (χ1n) is 8.15. The summed E-state index contributed by atoms with van der Waals surface area (Å²) in [5, 5.41) is 0. The van der Waals surface area contributed by atoms with Gasteiger partial charge in [0.1, 0.15) is 11.2 Å². The molecule has 1 aliphatic carbocycles. The molecule has 150 valence electrons. The molecule has 1 aliphatic rings. The predicted octanol–water partition coefficient (Wildman–Crippen LogP) is 4.48. The highest BCUT2D eigenvalue weighted by atomic mass is 79.9. The number of benzene rings is 1. The zero-order chi connectivity index (χ0) is 20.3. The van der Waals surface area contributed by atoms with Crippen LogP contribution >= 0.6 is 15.9 Å². The van der Waals surface area contributed by atoms with Crippen molar-refractivity contribution >= 4 is 32.0 Å². The average molecular weight is 471 g/mol. The van der Waals surface area contributed by atoms with Crippen LogP contribution in [0.5, 0.6) is 0 Å². The fraction of sp³-hybridized carbons (Fsp3) is 0.471. The molecule has 0 heterocycles. The van der Waals surface area contributed by atoms with Gasteiger partial charge in [-0.3, -0.25) is 4.79 Å². The Morgan fingerprint density at radius 2 is 1.96 bits per heavy atom. The van der Waals surface area contributed by atoms with Gasteiger partial charge in [0.25, 0.3) is 0 Å². The molecular formula is C17H18BrF3O5S. The predicted molar refractivity (Wildman–Crippen MR) is 94.9 cm³/mol. The van der Waals surface area contributed by atoms with E-state index in [1.165, 1.54) is 6.08 Å². The highest BCUT2D eigenvalue weighted by molar-refractivity contribution is 9.10. The SMILES string of the molecule is CCOC(=O)C1(Cc2ccccc2Br)CCCC=C1OS(=O)(=O)C(F)(F)F. The highest BCUT2D eigenvalue weighted by Crippen LogP contribution is 2.45. The van der Waals surface area contributed by atoms with Gasteiger partial charge in [-0.2, -0.15) is 21.6 Å². The highest BCUT2D eigenvalue weighted by Gasteiger charge is 2.54. The summed E-state index contributed by atoms with van der Waals surface area (Å²) < 4.78 is 71.7. The van der Waals surface area contributed by atoms with Crippen molar-refractivity contribution in [1.29, 1.82) is 0 Å². The number of carbonyl (C=O) groups is 1. The summed E-state index contributed by atoms with van der Waals surface area (Å²) in [7, 11) is -5.91. The minimum absolute atomic E-state index is 0.00412. The molecule has 1 aromatic carbocycles. The summed E-state index contributed by atoms with van der Waals surface area (Å²) in [6, 6.07) is 6.86. The Hall–Kier alpha value is -1.55. The van der Waals surface area contributed by atoms with Crippen molar-refractivity contribution < 1.29 is 35.3 Å². The molecule has 1 atom stereocenters. The lowest BCUT2D eigenvalue weighted by Gasteiger charge is -2.35. The first-order chi connectivity index (χ1) is 12.5. The van der Waals surface area contributed by atoms with Crippen LogP contribution in [0.1, 0.15) is 31.7 Å². The van der Waals surface area contributed by atoms with Crippen LogP contribution in [0.2, 0.25) is 0 Å². The van der Waals surface area contributed by atoms with Crippen LogP contribution in [0.25, 0.3) is 0 Å². The Morgan fingerprint density at radius 1 is 1.30 bits per heavy atom. The van der Waals surface area contributed by atoms with Gasteiger partial charge in [0, 0.05) is 4.47 Å². The fourth-order valence-electron chi connectivity index (χ4n) is 2.92. The van der Waals surface area contributed by atoms with Crippen LogP contribution in [-0.2, 0) is 30.3 Å². The van der Waals surface area contributed by atoms with Crippen molar-refractivity contribution in [3.8, 4) is 0 Å². The van der Waals surface area contributed by atoms with Gasteiger partial charge >= 0.3 is 21.6 Å². The van der Waals surface area contributed by atoms with Crippen LogP contribution in [0.4, 0.5) is 13.2 Å². The Bertz CT molecular complexity index is 835. The normalized spacial score (nSPS) is 20.7. The quantitative estimate of drug-likeness (QED) is 0.348. The van der Waals surface area contributed by atoms with Crippen molar-refractivity contribution in [2.24, 2.45) is 5.41 Å². The van der Waals surface area contributed by atoms with Gasteiger partial charge < -0.3 is 8.92 Å². The largest absolute Gasteiger partial charge is 0.534 e. The van der Waals surface area contributed by atoms with Gasteiger partial charge in [-0.05, 0) is 50.3 Å². The van der Waals surface area contributed by atoms with Crippen LogP contribution in [0.3, 0.4) is 0 Å². The second-order valence-corrected chi connectivity index (χ2v) is 8.41. The number of halogens is 4. The number of allylic oxidation sites excluding steroid dienone is 1. The molecule has 0 bridgehead atoms. The van der Waals surface area contributed by atoms with Crippen LogP contribution in [0.15, 0.2) is 40.6 Å². The zero-order valence-electron chi connectivity index (χ0n) is 14.4. The van der Waals surface area contributed by atoms with Crippen LogP contribution in [-0.4, -0.2) is 26.5 Å². The van der Waals surface area contributed by atoms with E-state index in [1.807, 2.05) is 0 Å². The summed E-state index contributed by atoms with van der Waals surface area (Å²) in [4.78, 5) is 12.7. The third-order valence-corrected chi connectivity index (χ3v) is 5.95. The first-order valence-corrected chi connectivity index (χ1v) is 10.4. The standard InChI is InChI=1S/C17H18BrF3O5S/c1-2-25-15(22)16(11-12-7-3-4-8-13(12)18)10-6-5-9-14(16)26-27(23,24)17(19,20)21/h3-4,7-9H,2,5-6,10-11H2,1H3. The zero-order valence-corrected chi connectivity index (χ0v) is 16.8. The van der Waals surface area contributed by atoms with E-state index in [9.17, 15) is 26.4 Å². The fourth-order valence-corrected chi connectivity index (χ4v) is 3.90. The minimum atomic E-state index is -5.91. The summed E-state index contributed by atoms with van der Waals surface area (Å²) >= 11 is 3.34. The number of rotatable bonds is 6. The maximum absolute atomic E-state index is 12.8. The molecule has 2 rings (SSSR count). The van der Waals surface area contributed by atoms with Crippen molar-refractivity contribution in [1.82, 2.24) is 0 Å². The topological polar surface area (TPSA) is 69.7 Å². The summed E-state index contributed by atoms with van der Waals surface area (Å²) in [5.41, 5.74) is -6.64. The smallest absolute Gasteiger partial charge is 0.465 e. The summed E-state index contributed by atoms with van der Waals surface area (Å²) in [6.07, 6.45) is 2.03. The Morgan fingerprint density at radius 3 is 2.56 bits per heavy atom. The number of carbonyl (C=O) groups excluding carboxylic acids is 1. The first kappa shape index (κ1) is 21.7. The molecule has 0 saturated heterocycles. The summed E-state index contributed by atoms with van der Waals surface area (Å²) in [5.74, 6) is -1.36. The monoisotopic (exact) mass is 470 g/mol. The molecule has 5 nitrogen and oxygen atoms in total.